The van der Waals surface area contributed by atoms with Crippen molar-refractivity contribution in [2.75, 3.05) is 0 Å². The van der Waals surface area contributed by atoms with Crippen LogP contribution in [0.25, 0.3) is 0 Å². The van der Waals surface area contributed by atoms with Gasteiger partial charge in [-0.25, -0.2) is 14.6 Å². The van der Waals surface area contributed by atoms with Gasteiger partial charge < -0.3 is 15.2 Å². The predicted octanol–water partition coefficient (Wildman–Crippen LogP) is 2.60. The molecule has 6 heteroatoms. The van der Waals surface area contributed by atoms with Crippen molar-refractivity contribution in [3.8, 4) is 0 Å². The molecule has 3 N–H and O–H groups in total. The van der Waals surface area contributed by atoms with E-state index in [4.69, 9.17) is 10.2 Å². The number of carbonyl (C=O) groups is 2. The van der Waals surface area contributed by atoms with Gasteiger partial charge in [-0.1, -0.05) is 6.07 Å². The lowest BCUT2D eigenvalue weighted by molar-refractivity contribution is 0.0696. The second-order valence-corrected chi connectivity index (χ2v) is 3.35. The molecule has 1 aromatic heterocycles. The van der Waals surface area contributed by atoms with Crippen LogP contribution in [-0.4, -0.2) is 32.1 Å². The standard InChI is InChI=1S/C9H8O4.C3H4N2.C2H4/c1-5-6(8(10)11)3-2-4-7(5)9(12)13;1-2-5-3-4-1;1-2/h2-4H,1H3,(H,10,11)(H,12,13);1-3H,(H,4,5);1-2H2. The molecule has 0 aliphatic carbocycles. The van der Waals surface area contributed by atoms with Crippen LogP contribution in [0.1, 0.15) is 26.3 Å². The highest BCUT2D eigenvalue weighted by Gasteiger charge is 2.13. The number of aromatic carboxylic acids is 2. The molecule has 0 saturated carbocycles. The average Bonchev–Trinajstić information content (AvgIpc) is 2.99. The molecule has 0 unspecified atom stereocenters. The Hall–Kier alpha value is -2.89. The summed E-state index contributed by atoms with van der Waals surface area (Å²) in [6, 6.07) is 4.17. The minimum absolute atomic E-state index is 0.0277. The van der Waals surface area contributed by atoms with Gasteiger partial charge in [0.25, 0.3) is 0 Å². The van der Waals surface area contributed by atoms with Gasteiger partial charge in [0.15, 0.2) is 0 Å². The summed E-state index contributed by atoms with van der Waals surface area (Å²) in [6.45, 7) is 7.48. The van der Waals surface area contributed by atoms with Crippen molar-refractivity contribution in [3.63, 3.8) is 0 Å². The molecular weight excluding hydrogens is 260 g/mol. The number of carboxylic acids is 2. The van der Waals surface area contributed by atoms with E-state index < -0.39 is 11.9 Å². The molecule has 0 amide bonds. The number of H-pyrrole nitrogens is 1. The Labute approximate surface area is 116 Å². The van der Waals surface area contributed by atoms with Gasteiger partial charge in [0.1, 0.15) is 0 Å². The maximum absolute atomic E-state index is 10.6. The minimum atomic E-state index is -1.11. The first-order valence-corrected chi connectivity index (χ1v) is 5.53. The quantitative estimate of drug-likeness (QED) is 0.731. The molecule has 0 atom stereocenters. The molecule has 20 heavy (non-hydrogen) atoms. The van der Waals surface area contributed by atoms with Gasteiger partial charge in [-0.05, 0) is 24.6 Å². The minimum Gasteiger partial charge on any atom is -0.478 e. The van der Waals surface area contributed by atoms with Gasteiger partial charge in [-0.2, -0.15) is 0 Å². The van der Waals surface area contributed by atoms with E-state index in [9.17, 15) is 9.59 Å². The van der Waals surface area contributed by atoms with Gasteiger partial charge in [-0.3, -0.25) is 0 Å². The number of aromatic nitrogens is 2. The molecule has 0 radical (unpaired) electrons. The number of hydrogen-bond acceptors (Lipinski definition) is 3. The molecule has 0 aliphatic rings. The van der Waals surface area contributed by atoms with Crippen LogP contribution in [0.2, 0.25) is 0 Å². The number of aromatic amines is 1. The van der Waals surface area contributed by atoms with Crippen LogP contribution in [0, 0.1) is 6.92 Å². The van der Waals surface area contributed by atoms with Gasteiger partial charge >= 0.3 is 11.9 Å². The van der Waals surface area contributed by atoms with E-state index in [-0.39, 0.29) is 16.7 Å². The lowest BCUT2D eigenvalue weighted by Gasteiger charge is -2.03. The first-order chi connectivity index (χ1) is 9.54. The Balaban J connectivity index is 0.000000427. The van der Waals surface area contributed by atoms with Gasteiger partial charge in [0.05, 0.1) is 17.5 Å². The number of nitrogens with zero attached hydrogens (tertiary/aromatic N) is 1. The molecule has 2 rings (SSSR count). The average molecular weight is 276 g/mol. The Bertz CT molecular complexity index is 501. The Morgan fingerprint density at radius 1 is 1.15 bits per heavy atom. The predicted molar refractivity (Wildman–Crippen MR) is 74.9 cm³/mol. The monoisotopic (exact) mass is 276 g/mol. The first kappa shape index (κ1) is 17.1. The van der Waals surface area contributed by atoms with Gasteiger partial charge in [0, 0.05) is 12.4 Å². The van der Waals surface area contributed by atoms with Crippen LogP contribution in [0.5, 0.6) is 0 Å². The fourth-order valence-corrected chi connectivity index (χ4v) is 1.31. The molecule has 0 saturated heterocycles. The highest BCUT2D eigenvalue weighted by molar-refractivity contribution is 5.96. The number of carboxylic acid groups (broad SMARTS) is 2. The Kier molecular flexibility index (Phi) is 7.78. The largest absolute Gasteiger partial charge is 0.478 e. The van der Waals surface area contributed by atoms with Crippen molar-refractivity contribution in [2.45, 2.75) is 6.92 Å². The molecule has 0 bridgehead atoms. The molecule has 0 aliphatic heterocycles. The van der Waals surface area contributed by atoms with Crippen LogP contribution in [0.3, 0.4) is 0 Å². The maximum atomic E-state index is 10.6. The Morgan fingerprint density at radius 2 is 1.65 bits per heavy atom. The van der Waals surface area contributed by atoms with E-state index in [2.05, 4.69) is 23.1 Å². The van der Waals surface area contributed by atoms with Crippen LogP contribution < -0.4 is 0 Å². The summed E-state index contributed by atoms with van der Waals surface area (Å²) in [5.41, 5.74) is 0.335. The second-order valence-electron chi connectivity index (χ2n) is 3.35. The van der Waals surface area contributed by atoms with Crippen LogP contribution in [0.15, 0.2) is 50.1 Å². The molecule has 1 heterocycles. The molecule has 0 spiro atoms. The third-order valence-corrected chi connectivity index (χ3v) is 2.20. The van der Waals surface area contributed by atoms with E-state index in [1.807, 2.05) is 0 Å². The SMILES string of the molecule is C=C.Cc1c(C(=O)O)cccc1C(=O)O.c1c[nH]cn1. The summed E-state index contributed by atoms with van der Waals surface area (Å²) in [5.74, 6) is -2.22. The van der Waals surface area contributed by atoms with Crippen LogP contribution in [0.4, 0.5) is 0 Å². The fraction of sp³-hybridized carbons (Fsp3) is 0.0714. The summed E-state index contributed by atoms with van der Waals surface area (Å²) in [7, 11) is 0. The van der Waals surface area contributed by atoms with E-state index >= 15 is 0 Å². The topological polar surface area (TPSA) is 103 Å². The fourth-order valence-electron chi connectivity index (χ4n) is 1.31. The second kappa shape index (κ2) is 9.09. The van der Waals surface area contributed by atoms with E-state index in [0.717, 1.165) is 0 Å². The molecule has 0 fully saturated rings. The summed E-state index contributed by atoms with van der Waals surface area (Å²) in [6.07, 6.45) is 5.08. The lowest BCUT2D eigenvalue weighted by Crippen LogP contribution is -2.06. The summed E-state index contributed by atoms with van der Waals surface area (Å²) in [4.78, 5) is 27.6. The number of imidazole rings is 1. The molecule has 2 aromatic rings. The third-order valence-electron chi connectivity index (χ3n) is 2.20. The van der Waals surface area contributed by atoms with Gasteiger partial charge in [-0.15, -0.1) is 13.2 Å². The van der Waals surface area contributed by atoms with Gasteiger partial charge in [0.2, 0.25) is 0 Å². The normalized spacial score (nSPS) is 8.45. The third kappa shape index (κ3) is 5.18. The van der Waals surface area contributed by atoms with E-state index in [1.54, 1.807) is 18.7 Å². The smallest absolute Gasteiger partial charge is 0.335 e. The van der Waals surface area contributed by atoms with Crippen molar-refractivity contribution >= 4 is 11.9 Å². The Morgan fingerprint density at radius 3 is 1.90 bits per heavy atom. The molecule has 1 aromatic carbocycles. The maximum Gasteiger partial charge on any atom is 0.335 e. The van der Waals surface area contributed by atoms with Crippen LogP contribution in [-0.2, 0) is 0 Å². The summed E-state index contributed by atoms with van der Waals surface area (Å²) in [5, 5.41) is 17.4. The van der Waals surface area contributed by atoms with Crippen LogP contribution >= 0.6 is 0 Å². The lowest BCUT2D eigenvalue weighted by atomic mass is 10.0. The number of nitrogens with one attached hydrogen (secondary N) is 1. The first-order valence-electron chi connectivity index (χ1n) is 5.53. The highest BCUT2D eigenvalue weighted by atomic mass is 16.4. The zero-order valence-corrected chi connectivity index (χ0v) is 11.0. The molecular formula is C14H16N2O4. The van der Waals surface area contributed by atoms with E-state index in [1.165, 1.54) is 25.1 Å². The zero-order valence-electron chi connectivity index (χ0n) is 11.0. The molecule has 6 nitrogen and oxygen atoms in total. The number of rotatable bonds is 2. The molecule has 106 valence electrons. The van der Waals surface area contributed by atoms with Crippen molar-refractivity contribution in [1.82, 2.24) is 9.97 Å². The zero-order chi connectivity index (χ0) is 15.5. The highest BCUT2D eigenvalue weighted by Crippen LogP contribution is 2.13. The summed E-state index contributed by atoms with van der Waals surface area (Å²) >= 11 is 0. The number of benzene rings is 1. The van der Waals surface area contributed by atoms with E-state index in [0.29, 0.717) is 0 Å². The van der Waals surface area contributed by atoms with Crippen molar-refractivity contribution < 1.29 is 19.8 Å². The van der Waals surface area contributed by atoms with Crippen molar-refractivity contribution in [3.05, 3.63) is 66.8 Å². The van der Waals surface area contributed by atoms with Crippen molar-refractivity contribution in [1.29, 1.82) is 0 Å². The summed E-state index contributed by atoms with van der Waals surface area (Å²) < 4.78 is 0. The van der Waals surface area contributed by atoms with Crippen molar-refractivity contribution in [2.24, 2.45) is 0 Å². The number of hydrogen-bond donors (Lipinski definition) is 3.